The third kappa shape index (κ3) is 3.85. The number of ether oxygens (including phenoxy) is 3. The molecule has 0 N–H and O–H groups in total. The first kappa shape index (κ1) is 22.7. The second-order valence-corrected chi connectivity index (χ2v) is 12.5. The van der Waals surface area contributed by atoms with Crippen molar-refractivity contribution in [2.24, 2.45) is 0 Å². The van der Waals surface area contributed by atoms with Crippen molar-refractivity contribution in [3.63, 3.8) is 0 Å². The minimum atomic E-state index is -6.18. The van der Waals surface area contributed by atoms with Crippen LogP contribution in [0, 0.1) is 0 Å². The molecule has 12 heteroatoms. The van der Waals surface area contributed by atoms with E-state index in [4.69, 9.17) is 0 Å². The lowest BCUT2D eigenvalue weighted by atomic mass is 10.1. The van der Waals surface area contributed by atoms with Crippen LogP contribution in [0.5, 0.6) is 0 Å². The SMILES string of the molecule is CC(C)(C)[Si](C)(C)/C(F)=C(\F)COC1(C(F)(F)C(F)(F)F)COC(=O)O1. The molecule has 26 heavy (non-hydrogen) atoms. The van der Waals surface area contributed by atoms with Crippen molar-refractivity contribution in [3.05, 3.63) is 11.3 Å². The second kappa shape index (κ2) is 6.70. The topological polar surface area (TPSA) is 44.8 Å². The van der Waals surface area contributed by atoms with E-state index in [1.165, 1.54) is 13.1 Å². The summed E-state index contributed by atoms with van der Waals surface area (Å²) in [4.78, 5) is 10.9. The first-order chi connectivity index (χ1) is 11.4. The lowest BCUT2D eigenvalue weighted by Crippen LogP contribution is -2.60. The first-order valence-corrected chi connectivity index (χ1v) is 10.4. The Hall–Kier alpha value is -1.30. The molecule has 0 radical (unpaired) electrons. The van der Waals surface area contributed by atoms with Crippen LogP contribution in [0.2, 0.25) is 18.1 Å². The number of hydrogen-bond acceptors (Lipinski definition) is 4. The van der Waals surface area contributed by atoms with Gasteiger partial charge in [-0.25, -0.2) is 13.6 Å². The van der Waals surface area contributed by atoms with E-state index in [9.17, 15) is 35.5 Å². The van der Waals surface area contributed by atoms with E-state index in [-0.39, 0.29) is 0 Å². The summed E-state index contributed by atoms with van der Waals surface area (Å²) in [5.74, 6) is -11.3. The maximum absolute atomic E-state index is 14.4. The number of rotatable bonds is 5. The van der Waals surface area contributed by atoms with Crippen LogP contribution in [0.3, 0.4) is 0 Å². The summed E-state index contributed by atoms with van der Waals surface area (Å²) in [6.07, 6.45) is -8.03. The summed E-state index contributed by atoms with van der Waals surface area (Å²) in [5.41, 5.74) is -1.25. The Kier molecular flexibility index (Phi) is 5.86. The minimum absolute atomic E-state index is 0.676. The quantitative estimate of drug-likeness (QED) is 0.351. The highest BCUT2D eigenvalue weighted by Crippen LogP contribution is 2.48. The Morgan fingerprint density at radius 2 is 1.65 bits per heavy atom. The Labute approximate surface area is 146 Å². The molecule has 0 aromatic heterocycles. The minimum Gasteiger partial charge on any atom is -0.427 e. The van der Waals surface area contributed by atoms with Crippen molar-refractivity contribution in [1.82, 2.24) is 0 Å². The molecule has 0 spiro atoms. The van der Waals surface area contributed by atoms with Gasteiger partial charge in [0.25, 0.3) is 0 Å². The van der Waals surface area contributed by atoms with Gasteiger partial charge >= 0.3 is 24.0 Å². The zero-order valence-electron chi connectivity index (χ0n) is 14.7. The van der Waals surface area contributed by atoms with Gasteiger partial charge in [-0.3, -0.25) is 0 Å². The standard InChI is InChI=1S/C14H19F7O4Si/c1-11(2,3)26(4,5)9(16)8(15)6-24-12(7-23-10(22)25-12)13(17,18)14(19,20)21/h6-7H2,1-5H3/b9-8-. The van der Waals surface area contributed by atoms with Crippen LogP contribution < -0.4 is 0 Å². The van der Waals surface area contributed by atoms with E-state index in [1.54, 1.807) is 20.8 Å². The molecule has 1 saturated heterocycles. The van der Waals surface area contributed by atoms with Gasteiger partial charge in [-0.1, -0.05) is 33.9 Å². The van der Waals surface area contributed by atoms with E-state index >= 15 is 0 Å². The summed E-state index contributed by atoms with van der Waals surface area (Å²) >= 11 is 0. The number of alkyl halides is 5. The summed E-state index contributed by atoms with van der Waals surface area (Å²) in [7, 11) is -3.06. The summed E-state index contributed by atoms with van der Waals surface area (Å²) in [5, 5.41) is -0.676. The van der Waals surface area contributed by atoms with Crippen molar-refractivity contribution >= 4 is 14.2 Å². The molecule has 1 rings (SSSR count). The van der Waals surface area contributed by atoms with Crippen LogP contribution in [0.25, 0.3) is 0 Å². The lowest BCUT2D eigenvalue weighted by Gasteiger charge is -2.36. The van der Waals surface area contributed by atoms with Gasteiger partial charge in [-0.15, -0.1) is 0 Å². The molecule has 4 nitrogen and oxygen atoms in total. The van der Waals surface area contributed by atoms with E-state index in [0.717, 1.165) is 0 Å². The Morgan fingerprint density at radius 3 is 2.00 bits per heavy atom. The molecule has 0 aromatic rings. The monoisotopic (exact) mass is 412 g/mol. The van der Waals surface area contributed by atoms with Gasteiger partial charge in [-0.2, -0.15) is 22.0 Å². The fraction of sp³-hybridized carbons (Fsp3) is 0.786. The molecular formula is C14H19F7O4Si. The number of carbonyl (C=O) groups is 1. The Bertz CT molecular complexity index is 595. The van der Waals surface area contributed by atoms with Crippen LogP contribution in [0.1, 0.15) is 20.8 Å². The third-order valence-electron chi connectivity index (χ3n) is 4.56. The maximum Gasteiger partial charge on any atom is 0.511 e. The molecule has 0 amide bonds. The van der Waals surface area contributed by atoms with Crippen LogP contribution >= 0.6 is 0 Å². The fourth-order valence-corrected chi connectivity index (χ4v) is 3.20. The summed E-state index contributed by atoms with van der Waals surface area (Å²) < 4.78 is 106. The normalized spacial score (nSPS) is 23.5. The van der Waals surface area contributed by atoms with Gasteiger partial charge in [0.1, 0.15) is 20.1 Å². The average molecular weight is 412 g/mol. The maximum atomic E-state index is 14.4. The van der Waals surface area contributed by atoms with Crippen LogP contribution in [0.15, 0.2) is 11.3 Å². The van der Waals surface area contributed by atoms with Gasteiger partial charge in [0, 0.05) is 0 Å². The molecule has 1 aliphatic rings. The van der Waals surface area contributed by atoms with Crippen molar-refractivity contribution < 1.29 is 49.7 Å². The average Bonchev–Trinajstić information content (AvgIpc) is 2.84. The highest BCUT2D eigenvalue weighted by molar-refractivity contribution is 6.86. The van der Waals surface area contributed by atoms with Gasteiger partial charge in [0.2, 0.25) is 0 Å². The highest BCUT2D eigenvalue weighted by Gasteiger charge is 2.76. The van der Waals surface area contributed by atoms with Gasteiger partial charge in [-0.05, 0) is 5.04 Å². The molecule has 1 atom stereocenters. The smallest absolute Gasteiger partial charge is 0.427 e. The van der Waals surface area contributed by atoms with E-state index < -0.39 is 61.6 Å². The van der Waals surface area contributed by atoms with Crippen molar-refractivity contribution in [3.8, 4) is 0 Å². The number of cyclic esters (lactones) is 2. The number of carbonyl (C=O) groups excluding carboxylic acids is 1. The van der Waals surface area contributed by atoms with Crippen LogP contribution in [-0.4, -0.2) is 45.3 Å². The lowest BCUT2D eigenvalue weighted by molar-refractivity contribution is -0.392. The predicted molar refractivity (Wildman–Crippen MR) is 78.6 cm³/mol. The Balaban J connectivity index is 3.17. The molecule has 0 bridgehead atoms. The summed E-state index contributed by atoms with van der Waals surface area (Å²) in [6.45, 7) is 4.62. The van der Waals surface area contributed by atoms with Crippen molar-refractivity contribution in [2.45, 2.75) is 56.8 Å². The summed E-state index contributed by atoms with van der Waals surface area (Å²) in [6, 6.07) is 0. The molecule has 152 valence electrons. The zero-order chi connectivity index (χ0) is 20.8. The Morgan fingerprint density at radius 1 is 1.15 bits per heavy atom. The third-order valence-corrected chi connectivity index (χ3v) is 9.68. The van der Waals surface area contributed by atoms with Crippen LogP contribution in [0.4, 0.5) is 35.5 Å². The molecule has 1 unspecified atom stereocenters. The highest BCUT2D eigenvalue weighted by atomic mass is 28.3. The van der Waals surface area contributed by atoms with E-state index in [2.05, 4.69) is 14.2 Å². The molecule has 1 fully saturated rings. The van der Waals surface area contributed by atoms with Gasteiger partial charge < -0.3 is 14.2 Å². The van der Waals surface area contributed by atoms with E-state index in [0.29, 0.717) is 0 Å². The number of halogens is 7. The number of hydrogen-bond donors (Lipinski definition) is 0. The first-order valence-electron chi connectivity index (χ1n) is 7.38. The molecular weight excluding hydrogens is 393 g/mol. The van der Waals surface area contributed by atoms with Crippen LogP contribution in [-0.2, 0) is 14.2 Å². The zero-order valence-corrected chi connectivity index (χ0v) is 15.7. The molecule has 0 saturated carbocycles. The fourth-order valence-electron chi connectivity index (χ4n) is 1.79. The largest absolute Gasteiger partial charge is 0.511 e. The van der Waals surface area contributed by atoms with Crippen molar-refractivity contribution in [2.75, 3.05) is 13.2 Å². The van der Waals surface area contributed by atoms with E-state index in [1.807, 2.05) is 0 Å². The molecule has 0 aliphatic carbocycles. The molecule has 1 aliphatic heterocycles. The second-order valence-electron chi connectivity index (χ2n) is 7.35. The van der Waals surface area contributed by atoms with Gasteiger partial charge in [0.05, 0.1) is 0 Å². The van der Waals surface area contributed by atoms with Gasteiger partial charge in [0.15, 0.2) is 12.4 Å². The predicted octanol–water partition coefficient (Wildman–Crippen LogP) is 5.26. The molecule has 1 heterocycles. The van der Waals surface area contributed by atoms with Crippen molar-refractivity contribution in [1.29, 1.82) is 0 Å². The molecule has 0 aromatic carbocycles.